The molecule has 0 aromatic carbocycles. The van der Waals surface area contributed by atoms with Crippen molar-refractivity contribution in [2.75, 3.05) is 5.01 Å². The number of pyridine rings is 1. The molecule has 1 aliphatic heterocycles. The Morgan fingerprint density at radius 1 is 1.57 bits per heavy atom. The second kappa shape index (κ2) is 3.29. The van der Waals surface area contributed by atoms with E-state index in [4.69, 9.17) is 5.73 Å². The van der Waals surface area contributed by atoms with Crippen molar-refractivity contribution in [3.8, 4) is 0 Å². The van der Waals surface area contributed by atoms with E-state index in [9.17, 15) is 0 Å². The van der Waals surface area contributed by atoms with Crippen molar-refractivity contribution in [3.05, 3.63) is 23.9 Å². The Labute approximate surface area is 83.4 Å². The monoisotopic (exact) mass is 190 g/mol. The van der Waals surface area contributed by atoms with Crippen LogP contribution in [-0.4, -0.2) is 16.9 Å². The molecule has 1 aliphatic rings. The highest BCUT2D eigenvalue weighted by Crippen LogP contribution is 2.21. The van der Waals surface area contributed by atoms with Crippen molar-refractivity contribution in [2.45, 2.75) is 26.3 Å². The summed E-state index contributed by atoms with van der Waals surface area (Å²) in [5.41, 5.74) is 6.85. The summed E-state index contributed by atoms with van der Waals surface area (Å²) in [5, 5.41) is 6.12. The van der Waals surface area contributed by atoms with Gasteiger partial charge in [0.2, 0.25) is 0 Å². The zero-order valence-electron chi connectivity index (χ0n) is 8.44. The second-order valence-electron chi connectivity index (χ2n) is 3.68. The highest BCUT2D eigenvalue weighted by molar-refractivity contribution is 5.84. The van der Waals surface area contributed by atoms with Crippen molar-refractivity contribution in [3.63, 3.8) is 0 Å². The molecule has 0 amide bonds. The third-order valence-electron chi connectivity index (χ3n) is 2.29. The molecule has 14 heavy (non-hydrogen) atoms. The van der Waals surface area contributed by atoms with Crippen LogP contribution >= 0.6 is 0 Å². The molecule has 74 valence electrons. The molecule has 4 nitrogen and oxygen atoms in total. The lowest BCUT2D eigenvalue weighted by Gasteiger charge is -2.18. The number of aryl methyl sites for hydroxylation is 1. The van der Waals surface area contributed by atoms with Crippen molar-refractivity contribution >= 4 is 11.7 Å². The Kier molecular flexibility index (Phi) is 2.11. The van der Waals surface area contributed by atoms with E-state index in [1.54, 1.807) is 6.20 Å². The quantitative estimate of drug-likeness (QED) is 0.725. The van der Waals surface area contributed by atoms with E-state index in [-0.39, 0.29) is 0 Å². The summed E-state index contributed by atoms with van der Waals surface area (Å²) in [6.07, 6.45) is 2.61. The van der Waals surface area contributed by atoms with Crippen molar-refractivity contribution in [2.24, 2.45) is 10.8 Å². The fourth-order valence-electron chi connectivity index (χ4n) is 1.59. The Hall–Kier alpha value is -1.58. The van der Waals surface area contributed by atoms with Gasteiger partial charge in [0.1, 0.15) is 11.7 Å². The Balaban J connectivity index is 2.31. The lowest BCUT2D eigenvalue weighted by atomic mass is 10.2. The molecule has 0 spiro atoms. The van der Waals surface area contributed by atoms with Crippen LogP contribution in [0.5, 0.6) is 0 Å². The first-order valence-corrected chi connectivity index (χ1v) is 4.71. The van der Waals surface area contributed by atoms with Crippen LogP contribution in [0.4, 0.5) is 5.82 Å². The summed E-state index contributed by atoms with van der Waals surface area (Å²) in [6.45, 7) is 4.13. The van der Waals surface area contributed by atoms with Crippen LogP contribution in [0.2, 0.25) is 0 Å². The zero-order chi connectivity index (χ0) is 10.1. The van der Waals surface area contributed by atoms with Crippen LogP contribution in [0.1, 0.15) is 18.9 Å². The maximum absolute atomic E-state index is 5.67. The number of hydrogen-bond acceptors (Lipinski definition) is 4. The summed E-state index contributed by atoms with van der Waals surface area (Å²) in [7, 11) is 0. The number of rotatable bonds is 1. The largest absolute Gasteiger partial charge is 0.386 e. The SMILES string of the molecule is Cc1ccnc(N2N=C(N)CC2C)c1. The maximum atomic E-state index is 5.67. The maximum Gasteiger partial charge on any atom is 0.149 e. The Morgan fingerprint density at radius 3 is 2.93 bits per heavy atom. The van der Waals surface area contributed by atoms with Crippen LogP contribution in [0.3, 0.4) is 0 Å². The molecule has 1 aromatic heterocycles. The van der Waals surface area contributed by atoms with E-state index in [0.717, 1.165) is 12.2 Å². The highest BCUT2D eigenvalue weighted by atomic mass is 15.5. The van der Waals surface area contributed by atoms with Crippen LogP contribution in [-0.2, 0) is 0 Å². The molecule has 2 N–H and O–H groups in total. The number of hydrazone groups is 1. The smallest absolute Gasteiger partial charge is 0.149 e. The number of anilines is 1. The number of nitrogens with two attached hydrogens (primary N) is 1. The van der Waals surface area contributed by atoms with E-state index in [1.807, 2.05) is 24.1 Å². The number of hydrogen-bond donors (Lipinski definition) is 1. The fourth-order valence-corrected chi connectivity index (χ4v) is 1.59. The minimum Gasteiger partial charge on any atom is -0.386 e. The van der Waals surface area contributed by atoms with Gasteiger partial charge in [-0.2, -0.15) is 5.10 Å². The Bertz CT molecular complexity index is 372. The first kappa shape index (κ1) is 8.99. The predicted octanol–water partition coefficient (Wildman–Crippen LogP) is 1.26. The van der Waals surface area contributed by atoms with Crippen LogP contribution in [0.25, 0.3) is 0 Å². The standard InChI is InChI=1S/C10H14N4/c1-7-3-4-12-10(5-7)14-8(2)6-9(11)13-14/h3-5,8H,6H2,1-2H3,(H2,11,13). The number of aromatic nitrogens is 1. The van der Waals surface area contributed by atoms with Crippen molar-refractivity contribution < 1.29 is 0 Å². The van der Waals surface area contributed by atoms with E-state index in [2.05, 4.69) is 17.0 Å². The van der Waals surface area contributed by atoms with Gasteiger partial charge in [-0.25, -0.2) is 9.99 Å². The molecule has 0 fully saturated rings. The normalized spacial score (nSPS) is 21.1. The van der Waals surface area contributed by atoms with Gasteiger partial charge in [-0.1, -0.05) is 0 Å². The van der Waals surface area contributed by atoms with E-state index in [1.165, 1.54) is 5.56 Å². The molecule has 4 heteroatoms. The van der Waals surface area contributed by atoms with Crippen LogP contribution in [0.15, 0.2) is 23.4 Å². The summed E-state index contributed by atoms with van der Waals surface area (Å²) in [6, 6.07) is 4.29. The molecule has 1 atom stereocenters. The van der Waals surface area contributed by atoms with Gasteiger partial charge in [-0.3, -0.25) is 0 Å². The van der Waals surface area contributed by atoms with Crippen LogP contribution < -0.4 is 10.7 Å². The molecule has 1 aromatic rings. The molecular formula is C10H14N4. The van der Waals surface area contributed by atoms with Crippen LogP contribution in [0, 0.1) is 6.92 Å². The lowest BCUT2D eigenvalue weighted by Crippen LogP contribution is -2.23. The summed E-state index contributed by atoms with van der Waals surface area (Å²) >= 11 is 0. The molecule has 0 bridgehead atoms. The predicted molar refractivity (Wildman–Crippen MR) is 57.2 cm³/mol. The zero-order valence-corrected chi connectivity index (χ0v) is 8.44. The van der Waals surface area contributed by atoms with Gasteiger partial charge in [-0.15, -0.1) is 0 Å². The number of nitrogens with zero attached hydrogens (tertiary/aromatic N) is 3. The summed E-state index contributed by atoms with van der Waals surface area (Å²) < 4.78 is 0. The van der Waals surface area contributed by atoms with Gasteiger partial charge in [0, 0.05) is 12.6 Å². The average Bonchev–Trinajstić information content (AvgIpc) is 2.45. The second-order valence-corrected chi connectivity index (χ2v) is 3.68. The van der Waals surface area contributed by atoms with Gasteiger partial charge in [0.15, 0.2) is 0 Å². The lowest BCUT2D eigenvalue weighted by molar-refractivity contribution is 0.712. The highest BCUT2D eigenvalue weighted by Gasteiger charge is 2.22. The third kappa shape index (κ3) is 1.55. The minimum atomic E-state index is 0.310. The van der Waals surface area contributed by atoms with Gasteiger partial charge in [0.25, 0.3) is 0 Å². The molecule has 0 radical (unpaired) electrons. The summed E-state index contributed by atoms with van der Waals surface area (Å²) in [5.74, 6) is 1.55. The van der Waals surface area contributed by atoms with Gasteiger partial charge >= 0.3 is 0 Å². The first-order valence-electron chi connectivity index (χ1n) is 4.71. The van der Waals surface area contributed by atoms with Crippen molar-refractivity contribution in [1.29, 1.82) is 0 Å². The number of amidine groups is 1. The first-order chi connectivity index (χ1) is 6.66. The average molecular weight is 190 g/mol. The molecule has 2 heterocycles. The van der Waals surface area contributed by atoms with Gasteiger partial charge in [0.05, 0.1) is 6.04 Å². The molecule has 0 aliphatic carbocycles. The Morgan fingerprint density at radius 2 is 2.36 bits per heavy atom. The third-order valence-corrected chi connectivity index (χ3v) is 2.29. The molecular weight excluding hydrogens is 176 g/mol. The van der Waals surface area contributed by atoms with Gasteiger partial charge < -0.3 is 5.73 Å². The molecule has 1 unspecified atom stereocenters. The summed E-state index contributed by atoms with van der Waals surface area (Å²) in [4.78, 5) is 4.27. The molecule has 0 saturated carbocycles. The van der Waals surface area contributed by atoms with Crippen molar-refractivity contribution in [1.82, 2.24) is 4.98 Å². The van der Waals surface area contributed by atoms with E-state index >= 15 is 0 Å². The molecule has 2 rings (SSSR count). The van der Waals surface area contributed by atoms with Gasteiger partial charge in [-0.05, 0) is 31.5 Å². The fraction of sp³-hybridized carbons (Fsp3) is 0.400. The topological polar surface area (TPSA) is 54.5 Å². The van der Waals surface area contributed by atoms with E-state index < -0.39 is 0 Å². The minimum absolute atomic E-state index is 0.310. The van der Waals surface area contributed by atoms with E-state index in [0.29, 0.717) is 11.9 Å². The molecule has 0 saturated heterocycles.